The van der Waals surface area contributed by atoms with Crippen LogP contribution in [-0.2, 0) is 23.2 Å². The van der Waals surface area contributed by atoms with Crippen LogP contribution in [0, 0.1) is 0 Å². The van der Waals surface area contributed by atoms with Gasteiger partial charge in [-0.15, -0.1) is 0 Å². The van der Waals surface area contributed by atoms with Crippen molar-refractivity contribution in [1.29, 1.82) is 0 Å². The number of carbonyl (C=O) groups excluding carboxylic acids is 1. The van der Waals surface area contributed by atoms with Crippen LogP contribution < -0.4 is 0 Å². The largest absolute Gasteiger partial charge is 0.341 e. The normalized spacial score (nSPS) is 11.4. The maximum Gasteiger partial charge on any atom is 0.226 e. The Kier molecular flexibility index (Phi) is 6.47. The Balaban J connectivity index is 1.46. The first-order valence-electron chi connectivity index (χ1n) is 10.0. The van der Waals surface area contributed by atoms with Gasteiger partial charge in [-0.3, -0.25) is 4.79 Å². The summed E-state index contributed by atoms with van der Waals surface area (Å²) in [6.45, 7) is 7.21. The Hall–Kier alpha value is -2.95. The molecule has 0 fully saturated rings. The number of rotatable bonds is 7. The standard InChI is InChI=1S/C24H29N3O2/c1-24(2,3)20-15-13-18(14-16-20)17-27(4)22(28)12-8-11-21-25-23(26-29-21)19-9-6-5-7-10-19/h5-7,9-10,13-16H,8,11-12,17H2,1-4H3. The van der Waals surface area contributed by atoms with E-state index < -0.39 is 0 Å². The van der Waals surface area contributed by atoms with E-state index in [-0.39, 0.29) is 11.3 Å². The van der Waals surface area contributed by atoms with Crippen LogP contribution in [0.4, 0.5) is 0 Å². The number of benzene rings is 2. The molecule has 3 aromatic rings. The Morgan fingerprint density at radius 2 is 1.72 bits per heavy atom. The average Bonchev–Trinajstić information content (AvgIpc) is 3.17. The van der Waals surface area contributed by atoms with E-state index in [4.69, 9.17) is 4.52 Å². The van der Waals surface area contributed by atoms with Crippen molar-refractivity contribution in [1.82, 2.24) is 15.0 Å². The minimum absolute atomic E-state index is 0.118. The van der Waals surface area contributed by atoms with E-state index in [1.165, 1.54) is 5.56 Å². The molecule has 0 radical (unpaired) electrons. The van der Waals surface area contributed by atoms with Gasteiger partial charge in [-0.2, -0.15) is 4.98 Å². The van der Waals surface area contributed by atoms with Crippen LogP contribution in [0.2, 0.25) is 0 Å². The predicted octanol–water partition coefficient (Wildman–Crippen LogP) is 5.02. The van der Waals surface area contributed by atoms with Crippen LogP contribution in [-0.4, -0.2) is 28.0 Å². The van der Waals surface area contributed by atoms with Crippen molar-refractivity contribution in [2.45, 2.75) is 52.0 Å². The molecular weight excluding hydrogens is 362 g/mol. The van der Waals surface area contributed by atoms with Gasteiger partial charge in [0.05, 0.1) is 0 Å². The van der Waals surface area contributed by atoms with E-state index in [1.807, 2.05) is 37.4 Å². The van der Waals surface area contributed by atoms with E-state index in [2.05, 4.69) is 55.2 Å². The summed E-state index contributed by atoms with van der Waals surface area (Å²) < 4.78 is 5.31. The second kappa shape index (κ2) is 9.03. The lowest BCUT2D eigenvalue weighted by molar-refractivity contribution is -0.130. The van der Waals surface area contributed by atoms with Gasteiger partial charge >= 0.3 is 0 Å². The zero-order chi connectivity index (χ0) is 20.9. The number of hydrogen-bond acceptors (Lipinski definition) is 4. The second-order valence-electron chi connectivity index (χ2n) is 8.43. The Labute approximate surface area is 172 Å². The highest BCUT2D eigenvalue weighted by Crippen LogP contribution is 2.22. The van der Waals surface area contributed by atoms with Crippen molar-refractivity contribution in [3.63, 3.8) is 0 Å². The summed E-state index contributed by atoms with van der Waals surface area (Å²) in [7, 11) is 1.85. The summed E-state index contributed by atoms with van der Waals surface area (Å²) in [5, 5.41) is 4.02. The molecule has 0 aliphatic carbocycles. The lowest BCUT2D eigenvalue weighted by Gasteiger charge is -2.21. The molecular formula is C24H29N3O2. The third kappa shape index (κ3) is 5.76. The molecule has 1 aromatic heterocycles. The highest BCUT2D eigenvalue weighted by atomic mass is 16.5. The van der Waals surface area contributed by atoms with Crippen molar-refractivity contribution in [2.24, 2.45) is 0 Å². The molecule has 0 aliphatic rings. The molecule has 0 unspecified atom stereocenters. The number of amides is 1. The lowest BCUT2D eigenvalue weighted by Crippen LogP contribution is -2.26. The minimum atomic E-state index is 0.118. The second-order valence-corrected chi connectivity index (χ2v) is 8.43. The number of hydrogen-bond donors (Lipinski definition) is 0. The summed E-state index contributed by atoms with van der Waals surface area (Å²) in [5.41, 5.74) is 3.49. The van der Waals surface area contributed by atoms with E-state index in [9.17, 15) is 4.79 Å². The van der Waals surface area contributed by atoms with Crippen molar-refractivity contribution < 1.29 is 9.32 Å². The number of aromatic nitrogens is 2. The maximum absolute atomic E-state index is 12.4. The monoisotopic (exact) mass is 391 g/mol. The molecule has 152 valence electrons. The van der Waals surface area contributed by atoms with E-state index in [0.29, 0.717) is 37.5 Å². The van der Waals surface area contributed by atoms with Crippen molar-refractivity contribution in [3.05, 3.63) is 71.6 Å². The first-order valence-corrected chi connectivity index (χ1v) is 10.0. The molecule has 5 heteroatoms. The van der Waals surface area contributed by atoms with Crippen LogP contribution in [0.5, 0.6) is 0 Å². The van der Waals surface area contributed by atoms with E-state index in [1.54, 1.807) is 4.90 Å². The Bertz CT molecular complexity index is 925. The number of nitrogens with zero attached hydrogens (tertiary/aromatic N) is 3. The van der Waals surface area contributed by atoms with Gasteiger partial charge in [-0.1, -0.05) is 80.5 Å². The van der Waals surface area contributed by atoms with Gasteiger partial charge in [-0.25, -0.2) is 0 Å². The van der Waals surface area contributed by atoms with Crippen LogP contribution in [0.25, 0.3) is 11.4 Å². The molecule has 0 saturated carbocycles. The fourth-order valence-electron chi connectivity index (χ4n) is 3.11. The molecule has 0 aliphatic heterocycles. The van der Waals surface area contributed by atoms with Gasteiger partial charge in [0.25, 0.3) is 0 Å². The molecule has 0 N–H and O–H groups in total. The zero-order valence-corrected chi connectivity index (χ0v) is 17.7. The topological polar surface area (TPSA) is 59.2 Å². The van der Waals surface area contributed by atoms with Crippen LogP contribution in [0.15, 0.2) is 59.1 Å². The first kappa shape index (κ1) is 20.8. The lowest BCUT2D eigenvalue weighted by atomic mass is 9.87. The summed E-state index contributed by atoms with van der Waals surface area (Å²) in [6, 6.07) is 18.2. The fraction of sp³-hybridized carbons (Fsp3) is 0.375. The van der Waals surface area contributed by atoms with Gasteiger partial charge in [0, 0.05) is 32.0 Å². The summed E-state index contributed by atoms with van der Waals surface area (Å²) in [5.74, 6) is 1.27. The molecule has 5 nitrogen and oxygen atoms in total. The van der Waals surface area contributed by atoms with Gasteiger partial charge in [-0.05, 0) is 23.0 Å². The Morgan fingerprint density at radius 3 is 2.38 bits per heavy atom. The third-order valence-corrected chi connectivity index (χ3v) is 4.95. The molecule has 3 rings (SSSR count). The third-order valence-electron chi connectivity index (χ3n) is 4.95. The molecule has 1 amide bonds. The van der Waals surface area contributed by atoms with Gasteiger partial charge in [0.1, 0.15) is 0 Å². The van der Waals surface area contributed by atoms with Crippen molar-refractivity contribution in [2.75, 3.05) is 7.05 Å². The SMILES string of the molecule is CN(Cc1ccc(C(C)(C)C)cc1)C(=O)CCCc1nc(-c2ccccc2)no1. The maximum atomic E-state index is 12.4. The number of carbonyl (C=O) groups is 1. The quantitative estimate of drug-likeness (QED) is 0.568. The molecule has 0 bridgehead atoms. The smallest absolute Gasteiger partial charge is 0.226 e. The van der Waals surface area contributed by atoms with Gasteiger partial charge < -0.3 is 9.42 Å². The van der Waals surface area contributed by atoms with Gasteiger partial charge in [0.2, 0.25) is 17.6 Å². The van der Waals surface area contributed by atoms with Crippen LogP contribution in [0.3, 0.4) is 0 Å². The minimum Gasteiger partial charge on any atom is -0.341 e. The zero-order valence-electron chi connectivity index (χ0n) is 17.7. The number of aryl methyl sites for hydroxylation is 1. The molecule has 1 heterocycles. The summed E-state index contributed by atoms with van der Waals surface area (Å²) in [4.78, 5) is 18.6. The molecule has 0 atom stereocenters. The predicted molar refractivity (Wildman–Crippen MR) is 114 cm³/mol. The first-order chi connectivity index (χ1) is 13.8. The molecule has 2 aromatic carbocycles. The van der Waals surface area contributed by atoms with Gasteiger partial charge in [0.15, 0.2) is 0 Å². The summed E-state index contributed by atoms with van der Waals surface area (Å²) in [6.07, 6.45) is 1.74. The fourth-order valence-corrected chi connectivity index (χ4v) is 3.11. The highest BCUT2D eigenvalue weighted by Gasteiger charge is 2.15. The highest BCUT2D eigenvalue weighted by molar-refractivity contribution is 5.75. The summed E-state index contributed by atoms with van der Waals surface area (Å²) >= 11 is 0. The van der Waals surface area contributed by atoms with Crippen molar-refractivity contribution >= 4 is 5.91 Å². The molecule has 0 spiro atoms. The van der Waals surface area contributed by atoms with Crippen molar-refractivity contribution in [3.8, 4) is 11.4 Å². The van der Waals surface area contributed by atoms with E-state index >= 15 is 0 Å². The molecule has 0 saturated heterocycles. The van der Waals surface area contributed by atoms with Crippen LogP contribution >= 0.6 is 0 Å². The average molecular weight is 392 g/mol. The molecule has 29 heavy (non-hydrogen) atoms. The Morgan fingerprint density at radius 1 is 1.03 bits per heavy atom. The van der Waals surface area contributed by atoms with Crippen LogP contribution in [0.1, 0.15) is 50.6 Å². The van der Waals surface area contributed by atoms with E-state index in [0.717, 1.165) is 11.1 Å².